The molecular weight excluding hydrogens is 1060 g/mol. The fourth-order valence-corrected chi connectivity index (χ4v) is 12.3. The quantitative estimate of drug-likeness (QED) is 0.132. The van der Waals surface area contributed by atoms with Crippen LogP contribution in [0.5, 0.6) is 0 Å². The van der Waals surface area contributed by atoms with Gasteiger partial charge in [-0.25, -0.2) is 44.9 Å². The van der Waals surface area contributed by atoms with Gasteiger partial charge in [-0.2, -0.15) is 0 Å². The Morgan fingerprint density at radius 1 is 0.447 bits per heavy atom. The second-order valence-corrected chi connectivity index (χ2v) is 21.8. The van der Waals surface area contributed by atoms with Gasteiger partial charge in [0.1, 0.15) is 39.8 Å². The molecule has 1 aliphatic rings. The third kappa shape index (κ3) is 9.34. The number of aromatic amines is 1. The number of fused-ring (bicyclic) bond motifs is 9. The van der Waals surface area contributed by atoms with Crippen LogP contribution in [-0.2, 0) is 38.5 Å². The molecule has 15 aromatic rings. The Bertz CT molecular complexity index is 4980. The molecule has 18 nitrogen and oxygen atoms in total. The second kappa shape index (κ2) is 22.0. The Labute approximate surface area is 489 Å². The van der Waals surface area contributed by atoms with E-state index in [4.69, 9.17) is 55.3 Å². The highest BCUT2D eigenvalue weighted by Crippen LogP contribution is 2.39. The van der Waals surface area contributed by atoms with Gasteiger partial charge in [0.15, 0.2) is 16.9 Å². The molecule has 0 radical (unpaired) electrons. The number of aromatic nitrogens is 15. The van der Waals surface area contributed by atoms with Crippen LogP contribution in [0, 0.1) is 13.8 Å². The third-order valence-corrected chi connectivity index (χ3v) is 16.6. The molecule has 18 heteroatoms. The number of imidazole rings is 3. The van der Waals surface area contributed by atoms with Gasteiger partial charge in [-0.3, -0.25) is 4.90 Å². The summed E-state index contributed by atoms with van der Waals surface area (Å²) in [6, 6.07) is 48.5. The molecular formula is C67H65N17O. The van der Waals surface area contributed by atoms with Crippen molar-refractivity contribution in [1.29, 1.82) is 0 Å². The number of nitrogens with one attached hydrogen (secondary N) is 1. The maximum Gasteiger partial charge on any atom is 0.161 e. The highest BCUT2D eigenvalue weighted by atomic mass is 16.5. The lowest BCUT2D eigenvalue weighted by Crippen LogP contribution is -2.37. The normalized spacial score (nSPS) is 13.1. The average molecular weight is 1120 g/mol. The molecule has 0 unspecified atom stereocenters. The zero-order valence-corrected chi connectivity index (χ0v) is 48.6. The Morgan fingerprint density at radius 2 is 0.882 bits per heavy atom. The first-order valence-electron chi connectivity index (χ1n) is 29.3. The van der Waals surface area contributed by atoms with E-state index in [1.807, 2.05) is 128 Å². The van der Waals surface area contributed by atoms with Crippen LogP contribution in [0.4, 0.5) is 5.82 Å². The SMILES string of the molecule is CCCn1c(N)c(-c2nc3ccccc3n2C)c2nc3ccccc3nc21.CCn1c(C)c(-c2nc3ccccc3[nH]2)c2nc3ccccc3nc21.Cc1c(-c2nc3ccccc3n2C)c2nc3ccccc3nc2n1CCCN1CCOCC1. The van der Waals surface area contributed by atoms with E-state index in [9.17, 15) is 0 Å². The van der Waals surface area contributed by atoms with Gasteiger partial charge in [-0.05, 0) is 106 Å². The van der Waals surface area contributed by atoms with E-state index in [1.54, 1.807) is 0 Å². The number of para-hydroxylation sites is 12. The summed E-state index contributed by atoms with van der Waals surface area (Å²) in [4.78, 5) is 50.3. The maximum absolute atomic E-state index is 6.62. The zero-order valence-electron chi connectivity index (χ0n) is 48.6. The number of rotatable bonds is 10. The molecule has 3 N–H and O–H groups in total. The van der Waals surface area contributed by atoms with E-state index >= 15 is 0 Å². The van der Waals surface area contributed by atoms with Crippen LogP contribution in [0.3, 0.4) is 0 Å². The lowest BCUT2D eigenvalue weighted by molar-refractivity contribution is 0.0369. The minimum Gasteiger partial charge on any atom is -0.384 e. The molecule has 0 atom stereocenters. The molecule has 0 amide bonds. The monoisotopic (exact) mass is 1120 g/mol. The predicted molar refractivity (Wildman–Crippen MR) is 341 cm³/mol. The summed E-state index contributed by atoms with van der Waals surface area (Å²) in [7, 11) is 4.10. The van der Waals surface area contributed by atoms with Crippen molar-refractivity contribution in [3.05, 3.63) is 157 Å². The molecule has 85 heavy (non-hydrogen) atoms. The van der Waals surface area contributed by atoms with Crippen LogP contribution in [0.15, 0.2) is 146 Å². The van der Waals surface area contributed by atoms with Gasteiger partial charge in [0.2, 0.25) is 0 Å². The Hall–Kier alpha value is -9.91. The third-order valence-electron chi connectivity index (χ3n) is 16.6. The number of ether oxygens (including phenoxy) is 1. The smallest absolute Gasteiger partial charge is 0.161 e. The van der Waals surface area contributed by atoms with Crippen LogP contribution in [-0.4, -0.2) is 110 Å². The minimum atomic E-state index is 0.667. The zero-order chi connectivity index (χ0) is 57.9. The van der Waals surface area contributed by atoms with Gasteiger partial charge in [-0.1, -0.05) is 79.7 Å². The fraction of sp³-hybridized carbons (Fsp3) is 0.239. The lowest BCUT2D eigenvalue weighted by Gasteiger charge is -2.26. The van der Waals surface area contributed by atoms with E-state index in [0.29, 0.717) is 5.82 Å². The number of nitrogens with zero attached hydrogens (tertiary/aromatic N) is 15. The standard InChI is InChI=1S/C26H28N6O.C21H20N6.C20H17N5/c1-18-23(25-29-21-10-5-6-11-22(21)30(25)2)24-26(28-20-9-4-3-8-19(20)27-24)32(18)13-7-12-31-14-16-33-17-15-31;1-3-12-27-19(22)17(20-25-15-10-6-7-11-16(15)26(20)2)18-21(27)24-14-9-5-4-8-13(14)23-18;1-3-25-12(2)17(19-22-14-9-5-6-10-15(14)23-19)18-20(25)24-16-11-7-4-8-13(16)21-18/h3-6,8-11H,7,12-17H2,1-2H3;4-11H,3,12,22H2,1-2H3;4-11H,3H2,1-2H3,(H,22,23). The van der Waals surface area contributed by atoms with Crippen molar-refractivity contribution in [2.75, 3.05) is 38.6 Å². The van der Waals surface area contributed by atoms with Crippen LogP contribution < -0.4 is 5.73 Å². The van der Waals surface area contributed by atoms with Crippen LogP contribution in [0.2, 0.25) is 0 Å². The molecule has 6 aromatic carbocycles. The van der Waals surface area contributed by atoms with E-state index in [-0.39, 0.29) is 0 Å². The molecule has 0 saturated carbocycles. The van der Waals surface area contributed by atoms with Crippen LogP contribution in [0.1, 0.15) is 38.1 Å². The van der Waals surface area contributed by atoms with E-state index in [2.05, 4.69) is 91.7 Å². The van der Waals surface area contributed by atoms with E-state index < -0.39 is 0 Å². The van der Waals surface area contributed by atoms with Gasteiger partial charge < -0.3 is 38.3 Å². The van der Waals surface area contributed by atoms with Crippen molar-refractivity contribution in [2.45, 2.75) is 60.2 Å². The predicted octanol–water partition coefficient (Wildman–Crippen LogP) is 12.8. The van der Waals surface area contributed by atoms with Gasteiger partial charge in [0.05, 0.1) is 96.1 Å². The van der Waals surface area contributed by atoms with Gasteiger partial charge >= 0.3 is 0 Å². The minimum absolute atomic E-state index is 0.667. The summed E-state index contributed by atoms with van der Waals surface area (Å²) < 4.78 is 16.3. The molecule has 0 spiro atoms. The van der Waals surface area contributed by atoms with Crippen molar-refractivity contribution in [1.82, 2.24) is 77.6 Å². The van der Waals surface area contributed by atoms with Gasteiger partial charge in [0, 0.05) is 64.8 Å². The van der Waals surface area contributed by atoms with E-state index in [0.717, 1.165) is 205 Å². The number of nitrogen functional groups attached to an aromatic ring is 1. The molecule has 0 bridgehead atoms. The fourth-order valence-electron chi connectivity index (χ4n) is 12.3. The number of anilines is 1. The summed E-state index contributed by atoms with van der Waals surface area (Å²) in [6.07, 6.45) is 2.02. The molecule has 10 heterocycles. The van der Waals surface area contributed by atoms with Crippen LogP contribution in [0.25, 0.3) is 134 Å². The Balaban J connectivity index is 0.000000114. The second-order valence-electron chi connectivity index (χ2n) is 21.8. The highest BCUT2D eigenvalue weighted by Gasteiger charge is 2.26. The van der Waals surface area contributed by atoms with Gasteiger partial charge in [-0.15, -0.1) is 0 Å². The highest BCUT2D eigenvalue weighted by molar-refractivity contribution is 6.02. The first-order valence-corrected chi connectivity index (χ1v) is 29.3. The number of aryl methyl sites for hydroxylation is 5. The first kappa shape index (κ1) is 53.1. The van der Waals surface area contributed by atoms with Crippen LogP contribution >= 0.6 is 0 Å². The number of morpholine rings is 1. The largest absolute Gasteiger partial charge is 0.384 e. The molecule has 424 valence electrons. The number of hydrogen-bond donors (Lipinski definition) is 2. The Kier molecular flexibility index (Phi) is 13.8. The van der Waals surface area contributed by atoms with Gasteiger partial charge in [0.25, 0.3) is 0 Å². The number of benzene rings is 6. The van der Waals surface area contributed by atoms with Crippen molar-refractivity contribution in [3.63, 3.8) is 0 Å². The van der Waals surface area contributed by atoms with E-state index in [1.165, 1.54) is 5.69 Å². The molecule has 1 fully saturated rings. The number of nitrogens with two attached hydrogens (primary N) is 1. The first-order chi connectivity index (χ1) is 41.6. The maximum atomic E-state index is 6.62. The Morgan fingerprint density at radius 3 is 1.40 bits per heavy atom. The summed E-state index contributed by atoms with van der Waals surface area (Å²) in [6.45, 7) is 15.8. The summed E-state index contributed by atoms with van der Waals surface area (Å²) in [5, 5.41) is 0. The number of H-pyrrole nitrogens is 1. The summed E-state index contributed by atoms with van der Waals surface area (Å²) in [5.74, 6) is 3.27. The van der Waals surface area contributed by atoms with Crippen molar-refractivity contribution in [3.8, 4) is 34.2 Å². The molecule has 9 aromatic heterocycles. The molecule has 1 saturated heterocycles. The summed E-state index contributed by atoms with van der Waals surface area (Å²) >= 11 is 0. The number of hydrogen-bond acceptors (Lipinski definition) is 12. The lowest BCUT2D eigenvalue weighted by atomic mass is 10.2. The average Bonchev–Trinajstić information content (AvgIpc) is 1.78. The topological polar surface area (TPSA) is 195 Å². The molecule has 1 aliphatic heterocycles. The van der Waals surface area contributed by atoms with Crippen molar-refractivity contribution in [2.24, 2.45) is 14.1 Å². The molecule has 16 rings (SSSR count). The summed E-state index contributed by atoms with van der Waals surface area (Å²) in [5.41, 5.74) is 28.7. The van der Waals surface area contributed by atoms with Crippen molar-refractivity contribution < 1.29 is 4.74 Å². The molecule has 0 aliphatic carbocycles. The van der Waals surface area contributed by atoms with Crippen molar-refractivity contribution >= 4 is 106 Å².